The van der Waals surface area contributed by atoms with Gasteiger partial charge in [0, 0.05) is 6.54 Å². The molecule has 3 rings (SSSR count). The molecule has 2 amide bonds. The van der Waals surface area contributed by atoms with E-state index in [1.54, 1.807) is 18.2 Å². The van der Waals surface area contributed by atoms with E-state index in [1.165, 1.54) is 18.2 Å². The van der Waals surface area contributed by atoms with Gasteiger partial charge in [-0.05, 0) is 29.8 Å². The van der Waals surface area contributed by atoms with Gasteiger partial charge in [0.05, 0.1) is 29.3 Å². The van der Waals surface area contributed by atoms with Crippen molar-refractivity contribution in [2.75, 3.05) is 11.9 Å². The van der Waals surface area contributed by atoms with Gasteiger partial charge in [-0.15, -0.1) is 0 Å². The molecule has 0 fully saturated rings. The molecule has 7 heteroatoms. The lowest BCUT2D eigenvalue weighted by Crippen LogP contribution is -2.24. The van der Waals surface area contributed by atoms with Gasteiger partial charge >= 0.3 is 0 Å². The van der Waals surface area contributed by atoms with Crippen molar-refractivity contribution in [3.8, 4) is 5.75 Å². The highest BCUT2D eigenvalue weighted by Gasteiger charge is 2.17. The van der Waals surface area contributed by atoms with E-state index in [0.717, 1.165) is 5.56 Å². The van der Waals surface area contributed by atoms with Crippen molar-refractivity contribution in [1.29, 1.82) is 0 Å². The fourth-order valence-corrected chi connectivity index (χ4v) is 2.61. The van der Waals surface area contributed by atoms with E-state index in [1.807, 2.05) is 0 Å². The maximum Gasteiger partial charge on any atom is 0.256 e. The van der Waals surface area contributed by atoms with Crippen LogP contribution in [0.1, 0.15) is 22.3 Å². The van der Waals surface area contributed by atoms with E-state index in [-0.39, 0.29) is 29.5 Å². The van der Waals surface area contributed by atoms with Gasteiger partial charge in [0.15, 0.2) is 0 Å². The van der Waals surface area contributed by atoms with Gasteiger partial charge in [-0.3, -0.25) is 9.59 Å². The summed E-state index contributed by atoms with van der Waals surface area (Å²) in [5, 5.41) is 5.41. The van der Waals surface area contributed by atoms with E-state index in [0.29, 0.717) is 18.0 Å². The molecule has 0 spiro atoms. The fraction of sp³-hybridized carbons (Fsp3) is 0.176. The van der Waals surface area contributed by atoms with Crippen molar-refractivity contribution in [3.05, 3.63) is 58.4 Å². The van der Waals surface area contributed by atoms with Crippen LogP contribution in [0.5, 0.6) is 5.75 Å². The van der Waals surface area contributed by atoms with Gasteiger partial charge in [0.25, 0.3) is 5.91 Å². The van der Waals surface area contributed by atoms with Gasteiger partial charge in [0.1, 0.15) is 11.6 Å². The molecule has 0 radical (unpaired) electrons. The number of hydrogen-bond acceptors (Lipinski definition) is 3. The Hall–Kier alpha value is -2.60. The Balaban J connectivity index is 1.73. The summed E-state index contributed by atoms with van der Waals surface area (Å²) < 4.78 is 19.2. The van der Waals surface area contributed by atoms with Crippen LogP contribution < -0.4 is 15.4 Å². The Morgan fingerprint density at radius 1 is 1.33 bits per heavy atom. The zero-order valence-corrected chi connectivity index (χ0v) is 13.3. The monoisotopic (exact) mass is 348 g/mol. The van der Waals surface area contributed by atoms with Crippen LogP contribution >= 0.6 is 11.6 Å². The standard InChI is InChI=1S/C17H14ClFN2O3/c18-11-2-1-3-12(19)16(11)17(23)20-9-10-4-5-14-13(8-10)21-15(22)6-7-24-14/h1-5,8H,6-7,9H2,(H,20,23)(H,21,22). The summed E-state index contributed by atoms with van der Waals surface area (Å²) in [7, 11) is 0. The first-order chi connectivity index (χ1) is 11.5. The third-order valence-corrected chi connectivity index (χ3v) is 3.86. The summed E-state index contributed by atoms with van der Waals surface area (Å²) in [4.78, 5) is 23.7. The molecule has 0 aromatic heterocycles. The number of rotatable bonds is 3. The van der Waals surface area contributed by atoms with E-state index >= 15 is 0 Å². The maximum absolute atomic E-state index is 13.7. The molecule has 2 N–H and O–H groups in total. The lowest BCUT2D eigenvalue weighted by Gasteiger charge is -2.11. The normalized spacial score (nSPS) is 13.3. The molecule has 0 bridgehead atoms. The van der Waals surface area contributed by atoms with Crippen LogP contribution in [0, 0.1) is 5.82 Å². The molecule has 1 aliphatic rings. The Labute approximate surface area is 142 Å². The highest BCUT2D eigenvalue weighted by Crippen LogP contribution is 2.28. The number of fused-ring (bicyclic) bond motifs is 1. The number of amides is 2. The molecule has 0 saturated heterocycles. The minimum atomic E-state index is -0.678. The number of hydrogen-bond donors (Lipinski definition) is 2. The third kappa shape index (κ3) is 3.49. The van der Waals surface area contributed by atoms with Gasteiger partial charge in [-0.1, -0.05) is 23.7 Å². The average molecular weight is 349 g/mol. The Morgan fingerprint density at radius 3 is 2.96 bits per heavy atom. The van der Waals surface area contributed by atoms with Crippen molar-refractivity contribution >= 4 is 29.1 Å². The number of benzene rings is 2. The van der Waals surface area contributed by atoms with Crippen molar-refractivity contribution in [2.45, 2.75) is 13.0 Å². The lowest BCUT2D eigenvalue weighted by molar-refractivity contribution is -0.116. The number of anilines is 1. The highest BCUT2D eigenvalue weighted by atomic mass is 35.5. The molecule has 1 aliphatic heterocycles. The number of carbonyl (C=O) groups excluding carboxylic acids is 2. The van der Waals surface area contributed by atoms with Crippen LogP contribution in [0.15, 0.2) is 36.4 Å². The molecule has 0 aliphatic carbocycles. The molecule has 0 atom stereocenters. The van der Waals surface area contributed by atoms with Crippen molar-refractivity contribution in [3.63, 3.8) is 0 Å². The number of nitrogens with one attached hydrogen (secondary N) is 2. The Kier molecular flexibility index (Phi) is 4.66. The van der Waals surface area contributed by atoms with E-state index < -0.39 is 11.7 Å². The highest BCUT2D eigenvalue weighted by molar-refractivity contribution is 6.33. The topological polar surface area (TPSA) is 67.4 Å². The first-order valence-electron chi connectivity index (χ1n) is 7.32. The largest absolute Gasteiger partial charge is 0.491 e. The second kappa shape index (κ2) is 6.88. The summed E-state index contributed by atoms with van der Waals surface area (Å²) in [6, 6.07) is 9.26. The molecule has 0 unspecified atom stereocenters. The molecule has 124 valence electrons. The van der Waals surface area contributed by atoms with Gasteiger partial charge in [0.2, 0.25) is 5.91 Å². The first kappa shape index (κ1) is 16.3. The van der Waals surface area contributed by atoms with Crippen molar-refractivity contribution in [2.24, 2.45) is 0 Å². The summed E-state index contributed by atoms with van der Waals surface area (Å²) >= 11 is 5.87. The quantitative estimate of drug-likeness (QED) is 0.895. The molecular weight excluding hydrogens is 335 g/mol. The maximum atomic E-state index is 13.7. The van der Waals surface area contributed by atoms with Crippen LogP contribution in [0.2, 0.25) is 5.02 Å². The number of ether oxygens (including phenoxy) is 1. The minimum Gasteiger partial charge on any atom is -0.491 e. The molecule has 5 nitrogen and oxygen atoms in total. The zero-order chi connectivity index (χ0) is 17.1. The molecule has 2 aromatic rings. The average Bonchev–Trinajstić information content (AvgIpc) is 2.72. The van der Waals surface area contributed by atoms with Crippen LogP contribution in [-0.2, 0) is 11.3 Å². The molecule has 2 aromatic carbocycles. The van der Waals surface area contributed by atoms with E-state index in [9.17, 15) is 14.0 Å². The number of carbonyl (C=O) groups is 2. The number of halogens is 2. The van der Waals surface area contributed by atoms with Gasteiger partial charge < -0.3 is 15.4 Å². The summed E-state index contributed by atoms with van der Waals surface area (Å²) in [5.74, 6) is -0.836. The summed E-state index contributed by atoms with van der Waals surface area (Å²) in [5.41, 5.74) is 1.10. The van der Waals surface area contributed by atoms with Crippen LogP contribution in [-0.4, -0.2) is 18.4 Å². The molecule has 1 heterocycles. The minimum absolute atomic E-state index is 0.0510. The van der Waals surface area contributed by atoms with Crippen LogP contribution in [0.3, 0.4) is 0 Å². The van der Waals surface area contributed by atoms with Gasteiger partial charge in [-0.2, -0.15) is 0 Å². The second-order valence-corrected chi connectivity index (χ2v) is 5.66. The second-order valence-electron chi connectivity index (χ2n) is 5.26. The van der Waals surface area contributed by atoms with Gasteiger partial charge in [-0.25, -0.2) is 4.39 Å². The van der Waals surface area contributed by atoms with Crippen molar-refractivity contribution < 1.29 is 18.7 Å². The fourth-order valence-electron chi connectivity index (χ4n) is 2.36. The molecule has 24 heavy (non-hydrogen) atoms. The predicted octanol–water partition coefficient (Wildman–Crippen LogP) is 3.13. The summed E-state index contributed by atoms with van der Waals surface area (Å²) in [6.07, 6.45) is 0.284. The van der Waals surface area contributed by atoms with E-state index in [2.05, 4.69) is 10.6 Å². The molecule has 0 saturated carbocycles. The zero-order valence-electron chi connectivity index (χ0n) is 12.6. The SMILES string of the molecule is O=C1CCOc2ccc(CNC(=O)c3c(F)cccc3Cl)cc2N1. The van der Waals surface area contributed by atoms with Crippen LogP contribution in [0.4, 0.5) is 10.1 Å². The molecular formula is C17H14ClFN2O3. The van der Waals surface area contributed by atoms with Crippen molar-refractivity contribution in [1.82, 2.24) is 5.32 Å². The Morgan fingerprint density at radius 2 is 2.17 bits per heavy atom. The Bertz CT molecular complexity index is 790. The first-order valence-corrected chi connectivity index (χ1v) is 7.70. The van der Waals surface area contributed by atoms with E-state index in [4.69, 9.17) is 16.3 Å². The predicted molar refractivity (Wildman–Crippen MR) is 87.8 cm³/mol. The third-order valence-electron chi connectivity index (χ3n) is 3.55. The van der Waals surface area contributed by atoms with Crippen LogP contribution in [0.25, 0.3) is 0 Å². The lowest BCUT2D eigenvalue weighted by atomic mass is 10.1. The smallest absolute Gasteiger partial charge is 0.256 e. The summed E-state index contributed by atoms with van der Waals surface area (Å²) in [6.45, 7) is 0.480.